The monoisotopic (exact) mass is 401 g/mol. The predicted octanol–water partition coefficient (Wildman–Crippen LogP) is 4.50. The third-order valence-electron chi connectivity index (χ3n) is 4.25. The number of carbonyl (C=O) groups is 1. The summed E-state index contributed by atoms with van der Waals surface area (Å²) in [5.74, 6) is 1.17. The summed E-state index contributed by atoms with van der Waals surface area (Å²) >= 11 is 6.26. The van der Waals surface area contributed by atoms with Crippen molar-refractivity contribution >= 4 is 17.5 Å². The largest absolute Gasteiger partial charge is 0.508 e. The third kappa shape index (κ3) is 4.23. The molecule has 1 aromatic heterocycles. The van der Waals surface area contributed by atoms with Gasteiger partial charge in [0, 0.05) is 11.1 Å². The van der Waals surface area contributed by atoms with E-state index in [2.05, 4.69) is 0 Å². The van der Waals surface area contributed by atoms with Crippen LogP contribution in [-0.4, -0.2) is 30.1 Å². The van der Waals surface area contributed by atoms with Crippen molar-refractivity contribution < 1.29 is 23.8 Å². The van der Waals surface area contributed by atoms with Crippen LogP contribution < -0.4 is 9.47 Å². The lowest BCUT2D eigenvalue weighted by Gasteiger charge is -2.23. The Balaban J connectivity index is 1.96. The number of ether oxygens (including phenoxy) is 2. The molecule has 0 spiro atoms. The van der Waals surface area contributed by atoms with Gasteiger partial charge in [0.05, 0.1) is 38.6 Å². The first-order valence-electron chi connectivity index (χ1n) is 8.53. The van der Waals surface area contributed by atoms with Gasteiger partial charge in [-0.1, -0.05) is 29.8 Å². The minimum absolute atomic E-state index is 0.116. The van der Waals surface area contributed by atoms with Gasteiger partial charge in [-0.05, 0) is 30.3 Å². The maximum absolute atomic E-state index is 13.3. The Morgan fingerprint density at radius 2 is 1.89 bits per heavy atom. The van der Waals surface area contributed by atoms with Gasteiger partial charge < -0.3 is 23.9 Å². The van der Waals surface area contributed by atoms with E-state index in [9.17, 15) is 9.90 Å². The number of hydrogen-bond donors (Lipinski definition) is 1. The van der Waals surface area contributed by atoms with E-state index in [1.165, 1.54) is 20.3 Å². The second-order valence-electron chi connectivity index (χ2n) is 6.06. The third-order valence-corrected chi connectivity index (χ3v) is 4.53. The maximum atomic E-state index is 13.3. The van der Waals surface area contributed by atoms with Crippen LogP contribution in [0.5, 0.6) is 17.2 Å². The second kappa shape index (κ2) is 8.71. The second-order valence-corrected chi connectivity index (χ2v) is 6.47. The van der Waals surface area contributed by atoms with Crippen LogP contribution in [0.15, 0.2) is 59.2 Å². The fourth-order valence-corrected chi connectivity index (χ4v) is 3.15. The number of phenols is 1. The molecular weight excluding hydrogens is 382 g/mol. The van der Waals surface area contributed by atoms with Crippen LogP contribution in [0.4, 0.5) is 0 Å². The molecule has 6 nitrogen and oxygen atoms in total. The molecule has 0 aliphatic carbocycles. The van der Waals surface area contributed by atoms with Crippen molar-refractivity contribution in [2.75, 3.05) is 14.2 Å². The van der Waals surface area contributed by atoms with Gasteiger partial charge in [0.2, 0.25) is 0 Å². The molecule has 0 aliphatic rings. The van der Waals surface area contributed by atoms with Crippen molar-refractivity contribution in [3.05, 3.63) is 76.7 Å². The standard InChI is InChI=1S/C21H20ClNO5/c1-26-19-11-15(10-17(22)20(19)27-2)21(25)23(13-16-7-5-9-28-16)12-14-6-3-4-8-18(14)24/h3-11,24H,12-13H2,1-2H3. The summed E-state index contributed by atoms with van der Waals surface area (Å²) in [6.45, 7) is 0.421. The van der Waals surface area contributed by atoms with Gasteiger partial charge in [0.1, 0.15) is 11.5 Å². The molecule has 28 heavy (non-hydrogen) atoms. The fourth-order valence-electron chi connectivity index (χ4n) is 2.86. The molecule has 3 aromatic rings. The number of aromatic hydroxyl groups is 1. The van der Waals surface area contributed by atoms with E-state index in [4.69, 9.17) is 25.5 Å². The van der Waals surface area contributed by atoms with Gasteiger partial charge in [-0.2, -0.15) is 0 Å². The average molecular weight is 402 g/mol. The Morgan fingerprint density at radius 1 is 1.11 bits per heavy atom. The van der Waals surface area contributed by atoms with Gasteiger partial charge in [0.25, 0.3) is 5.91 Å². The Morgan fingerprint density at radius 3 is 2.54 bits per heavy atom. The fraction of sp³-hybridized carbons (Fsp3) is 0.190. The van der Waals surface area contributed by atoms with Gasteiger partial charge in [-0.25, -0.2) is 0 Å². The molecule has 0 unspecified atom stereocenters. The number of methoxy groups -OCH3 is 2. The lowest BCUT2D eigenvalue weighted by atomic mass is 10.1. The molecule has 0 saturated carbocycles. The summed E-state index contributed by atoms with van der Waals surface area (Å²) in [6, 6.07) is 13.5. The highest BCUT2D eigenvalue weighted by molar-refractivity contribution is 6.32. The van der Waals surface area contributed by atoms with Crippen molar-refractivity contribution in [3.8, 4) is 17.2 Å². The quantitative estimate of drug-likeness (QED) is 0.631. The summed E-state index contributed by atoms with van der Waals surface area (Å²) in [5, 5.41) is 10.4. The summed E-state index contributed by atoms with van der Waals surface area (Å²) in [6.07, 6.45) is 1.55. The van der Waals surface area contributed by atoms with Crippen LogP contribution >= 0.6 is 11.6 Å². The SMILES string of the molecule is COc1cc(C(=O)N(Cc2ccco2)Cc2ccccc2O)cc(Cl)c1OC. The summed E-state index contributed by atoms with van der Waals surface area (Å²) in [7, 11) is 2.96. The van der Waals surface area contributed by atoms with E-state index >= 15 is 0 Å². The van der Waals surface area contributed by atoms with Crippen molar-refractivity contribution in [3.63, 3.8) is 0 Å². The molecule has 0 fully saturated rings. The molecule has 146 valence electrons. The highest BCUT2D eigenvalue weighted by atomic mass is 35.5. The van der Waals surface area contributed by atoms with E-state index < -0.39 is 0 Å². The summed E-state index contributed by atoms with van der Waals surface area (Å²) in [5.41, 5.74) is 0.957. The molecule has 3 rings (SSSR count). The zero-order valence-corrected chi connectivity index (χ0v) is 16.3. The van der Waals surface area contributed by atoms with Crippen molar-refractivity contribution in [2.45, 2.75) is 13.1 Å². The van der Waals surface area contributed by atoms with Crippen LogP contribution in [0, 0.1) is 0 Å². The van der Waals surface area contributed by atoms with E-state index in [1.54, 1.807) is 53.6 Å². The molecule has 1 heterocycles. The van der Waals surface area contributed by atoms with Crippen molar-refractivity contribution in [1.82, 2.24) is 4.90 Å². The molecule has 1 N–H and O–H groups in total. The van der Waals surface area contributed by atoms with Gasteiger partial charge in [0.15, 0.2) is 11.5 Å². The molecule has 0 aliphatic heterocycles. The molecule has 0 radical (unpaired) electrons. The Bertz CT molecular complexity index is 955. The highest BCUT2D eigenvalue weighted by Crippen LogP contribution is 2.36. The summed E-state index contributed by atoms with van der Waals surface area (Å²) in [4.78, 5) is 14.8. The zero-order valence-electron chi connectivity index (χ0n) is 15.5. The number of para-hydroxylation sites is 1. The van der Waals surface area contributed by atoms with Crippen LogP contribution in [0.3, 0.4) is 0 Å². The zero-order chi connectivity index (χ0) is 20.1. The van der Waals surface area contributed by atoms with Crippen LogP contribution in [0.25, 0.3) is 0 Å². The topological polar surface area (TPSA) is 72.1 Å². The molecule has 0 atom stereocenters. The van der Waals surface area contributed by atoms with E-state index in [0.29, 0.717) is 28.4 Å². The Labute approximate surface area is 167 Å². The van der Waals surface area contributed by atoms with E-state index in [0.717, 1.165) is 0 Å². The minimum Gasteiger partial charge on any atom is -0.508 e. The lowest BCUT2D eigenvalue weighted by Crippen LogP contribution is -2.30. The first-order valence-corrected chi connectivity index (χ1v) is 8.91. The predicted molar refractivity (Wildman–Crippen MR) is 105 cm³/mol. The summed E-state index contributed by atoms with van der Waals surface area (Å²) < 4.78 is 15.9. The van der Waals surface area contributed by atoms with Crippen molar-refractivity contribution in [2.24, 2.45) is 0 Å². The molecular formula is C21H20ClNO5. The molecule has 2 aromatic carbocycles. The van der Waals surface area contributed by atoms with Crippen LogP contribution in [-0.2, 0) is 13.1 Å². The van der Waals surface area contributed by atoms with Gasteiger partial charge >= 0.3 is 0 Å². The van der Waals surface area contributed by atoms with E-state index in [1.807, 2.05) is 0 Å². The number of phenolic OH excluding ortho intramolecular Hbond substituents is 1. The van der Waals surface area contributed by atoms with Gasteiger partial charge in [-0.3, -0.25) is 4.79 Å². The number of furan rings is 1. The minimum atomic E-state index is -0.289. The molecule has 0 bridgehead atoms. The molecule has 1 amide bonds. The lowest BCUT2D eigenvalue weighted by molar-refractivity contribution is 0.0716. The average Bonchev–Trinajstić information content (AvgIpc) is 3.21. The Kier molecular flexibility index (Phi) is 6.11. The Hall–Kier alpha value is -3.12. The normalized spacial score (nSPS) is 10.5. The highest BCUT2D eigenvalue weighted by Gasteiger charge is 2.22. The number of carbonyl (C=O) groups excluding carboxylic acids is 1. The number of halogens is 1. The maximum Gasteiger partial charge on any atom is 0.254 e. The number of amides is 1. The first kappa shape index (κ1) is 19.6. The molecule has 7 heteroatoms. The number of nitrogens with zero attached hydrogens (tertiary/aromatic N) is 1. The van der Waals surface area contributed by atoms with Crippen LogP contribution in [0.1, 0.15) is 21.7 Å². The van der Waals surface area contributed by atoms with Gasteiger partial charge in [-0.15, -0.1) is 0 Å². The first-order chi connectivity index (χ1) is 13.5. The smallest absolute Gasteiger partial charge is 0.254 e. The van der Waals surface area contributed by atoms with Crippen LogP contribution in [0.2, 0.25) is 5.02 Å². The van der Waals surface area contributed by atoms with Crippen molar-refractivity contribution in [1.29, 1.82) is 0 Å². The number of benzene rings is 2. The number of hydrogen-bond acceptors (Lipinski definition) is 5. The number of rotatable bonds is 7. The molecule has 0 saturated heterocycles. The van der Waals surface area contributed by atoms with E-state index in [-0.39, 0.29) is 29.8 Å².